The van der Waals surface area contributed by atoms with Crippen LogP contribution in [0.15, 0.2) is 66.8 Å². The quantitative estimate of drug-likeness (QED) is 0.292. The first kappa shape index (κ1) is 24.6. The van der Waals surface area contributed by atoms with Gasteiger partial charge in [0.15, 0.2) is 0 Å². The number of H-pyrrole nitrogens is 1. The number of likely N-dealkylation sites (tertiary alicyclic amines) is 1. The van der Waals surface area contributed by atoms with Gasteiger partial charge in [-0.25, -0.2) is 4.79 Å². The van der Waals surface area contributed by atoms with E-state index in [0.29, 0.717) is 22.6 Å². The highest BCUT2D eigenvalue weighted by Crippen LogP contribution is 2.30. The molecule has 0 unspecified atom stereocenters. The van der Waals surface area contributed by atoms with Gasteiger partial charge in [0.1, 0.15) is 0 Å². The number of aryl methyl sites for hydroxylation is 1. The van der Waals surface area contributed by atoms with Crippen LogP contribution in [0.25, 0.3) is 16.5 Å². The van der Waals surface area contributed by atoms with Crippen molar-refractivity contribution in [3.63, 3.8) is 0 Å². The number of carbonyl (C=O) groups is 2. The number of allylic oxidation sites excluding steroid dienone is 3. The Kier molecular flexibility index (Phi) is 7.27. The van der Waals surface area contributed by atoms with Crippen molar-refractivity contribution in [1.29, 1.82) is 0 Å². The lowest BCUT2D eigenvalue weighted by molar-refractivity contribution is -0.125. The van der Waals surface area contributed by atoms with Crippen molar-refractivity contribution in [3.8, 4) is 0 Å². The van der Waals surface area contributed by atoms with Gasteiger partial charge in [0, 0.05) is 41.7 Å². The van der Waals surface area contributed by atoms with Gasteiger partial charge in [-0.1, -0.05) is 42.5 Å². The molecule has 35 heavy (non-hydrogen) atoms. The van der Waals surface area contributed by atoms with Crippen LogP contribution in [0.4, 0.5) is 0 Å². The molecule has 0 aliphatic carbocycles. The number of aromatic amines is 1. The molecule has 0 bridgehead atoms. The number of nitrogens with zero attached hydrogens (tertiary/aromatic N) is 1. The van der Waals surface area contributed by atoms with Gasteiger partial charge in [-0.05, 0) is 79.3 Å². The number of hydrogen-bond acceptors (Lipinski definition) is 2. The Hall–Kier alpha value is -3.57. The molecule has 1 aliphatic rings. The second kappa shape index (κ2) is 10.4. The first-order valence-electron chi connectivity index (χ1n) is 11.7. The molecule has 6 heteroatoms. The Balaban J connectivity index is 1.59. The van der Waals surface area contributed by atoms with Gasteiger partial charge < -0.3 is 15.0 Å². The Morgan fingerprint density at radius 2 is 1.86 bits per heavy atom. The molecular weight excluding hydrogens is 460 g/mol. The summed E-state index contributed by atoms with van der Waals surface area (Å²) in [5, 5.41) is 11.0. The molecule has 3 aromatic rings. The minimum atomic E-state index is -0.921. The number of rotatable bonds is 7. The summed E-state index contributed by atoms with van der Waals surface area (Å²) in [6.07, 6.45) is 8.00. The molecule has 2 heterocycles. The van der Waals surface area contributed by atoms with Crippen molar-refractivity contribution in [2.24, 2.45) is 0 Å². The Morgan fingerprint density at radius 3 is 2.54 bits per heavy atom. The Morgan fingerprint density at radius 1 is 1.11 bits per heavy atom. The molecule has 0 spiro atoms. The lowest BCUT2D eigenvalue weighted by Gasteiger charge is -2.15. The third-order valence-corrected chi connectivity index (χ3v) is 6.80. The predicted molar refractivity (Wildman–Crippen MR) is 142 cm³/mol. The average molecular weight is 489 g/mol. The minimum absolute atomic E-state index is 0.0144. The van der Waals surface area contributed by atoms with Gasteiger partial charge in [0.2, 0.25) is 0 Å². The van der Waals surface area contributed by atoms with Crippen LogP contribution in [0.5, 0.6) is 0 Å². The van der Waals surface area contributed by atoms with Gasteiger partial charge in [-0.3, -0.25) is 4.79 Å². The number of nitrogens with one attached hydrogen (secondary N) is 1. The van der Waals surface area contributed by atoms with E-state index in [1.54, 1.807) is 19.1 Å². The van der Waals surface area contributed by atoms with Crippen LogP contribution in [-0.2, 0) is 11.2 Å². The highest BCUT2D eigenvalue weighted by atomic mass is 35.5. The largest absolute Gasteiger partial charge is 0.478 e. The fourth-order valence-corrected chi connectivity index (χ4v) is 4.79. The third-order valence-electron chi connectivity index (χ3n) is 6.49. The molecule has 1 aliphatic heterocycles. The third kappa shape index (κ3) is 5.41. The van der Waals surface area contributed by atoms with E-state index < -0.39 is 5.97 Å². The van der Waals surface area contributed by atoms with Crippen LogP contribution >= 0.6 is 11.6 Å². The topological polar surface area (TPSA) is 73.4 Å². The first-order chi connectivity index (χ1) is 16.8. The zero-order valence-electron chi connectivity index (χ0n) is 20.0. The number of benzene rings is 2. The van der Waals surface area contributed by atoms with E-state index >= 15 is 0 Å². The zero-order chi connectivity index (χ0) is 25.1. The maximum absolute atomic E-state index is 12.7. The normalized spacial score (nSPS) is 14.5. The van der Waals surface area contributed by atoms with E-state index in [9.17, 15) is 14.7 Å². The van der Waals surface area contributed by atoms with Gasteiger partial charge in [0.25, 0.3) is 5.91 Å². The second-order valence-electron chi connectivity index (χ2n) is 9.02. The number of aromatic carboxylic acids is 1. The van der Waals surface area contributed by atoms with Gasteiger partial charge >= 0.3 is 5.97 Å². The van der Waals surface area contributed by atoms with E-state index in [4.69, 9.17) is 11.6 Å². The van der Waals surface area contributed by atoms with Crippen molar-refractivity contribution in [1.82, 2.24) is 9.88 Å². The number of hydrogen-bond donors (Lipinski definition) is 2. The molecular formula is C29H29ClN2O3. The molecule has 1 aromatic heterocycles. The van der Waals surface area contributed by atoms with Crippen molar-refractivity contribution >= 4 is 40.0 Å². The average Bonchev–Trinajstić information content (AvgIpc) is 3.49. The standard InChI is InChI=1S/C29H29ClN2O3/c1-4-21(28(33)32-11-5-6-12-32)10-8-18(2)24-16-22-15-23(31-27(22)17-26(24)30)13-20-9-7-19(3)25(14-20)29(34)35/h4,7-10,14-17,31H,1,5-6,11-13H2,2-3H3,(H,34,35)/b18-8+,21-10+. The van der Waals surface area contributed by atoms with Crippen LogP contribution in [0, 0.1) is 6.92 Å². The van der Waals surface area contributed by atoms with Crippen LogP contribution < -0.4 is 0 Å². The van der Waals surface area contributed by atoms with E-state index in [-0.39, 0.29) is 5.91 Å². The lowest BCUT2D eigenvalue weighted by atomic mass is 10.0. The van der Waals surface area contributed by atoms with Crippen LogP contribution in [0.1, 0.15) is 52.5 Å². The summed E-state index contributed by atoms with van der Waals surface area (Å²) in [7, 11) is 0. The van der Waals surface area contributed by atoms with Crippen molar-refractivity contribution in [3.05, 3.63) is 99.7 Å². The summed E-state index contributed by atoms with van der Waals surface area (Å²) in [6.45, 7) is 9.17. The highest BCUT2D eigenvalue weighted by Gasteiger charge is 2.19. The SMILES string of the molecule is C=C/C(=C\C=C(/C)c1cc2cc(Cc3ccc(C)c(C(=O)O)c3)[nH]c2cc1Cl)C(=O)N1CCCC1. The Bertz CT molecular complexity index is 1370. The molecule has 0 atom stereocenters. The van der Waals surface area contributed by atoms with E-state index in [2.05, 4.69) is 17.6 Å². The molecule has 2 aromatic carbocycles. The molecule has 0 saturated carbocycles. The number of carboxylic acid groups (broad SMARTS) is 1. The summed E-state index contributed by atoms with van der Waals surface area (Å²) < 4.78 is 0. The van der Waals surface area contributed by atoms with Crippen LogP contribution in [0.3, 0.4) is 0 Å². The summed E-state index contributed by atoms with van der Waals surface area (Å²) in [5.74, 6) is -0.906. The smallest absolute Gasteiger partial charge is 0.335 e. The van der Waals surface area contributed by atoms with Crippen molar-refractivity contribution < 1.29 is 14.7 Å². The van der Waals surface area contributed by atoms with Gasteiger partial charge in [-0.15, -0.1) is 0 Å². The van der Waals surface area contributed by atoms with Crippen LogP contribution in [-0.4, -0.2) is 40.0 Å². The van der Waals surface area contributed by atoms with Crippen molar-refractivity contribution in [2.75, 3.05) is 13.1 Å². The molecule has 0 radical (unpaired) electrons. The molecule has 1 saturated heterocycles. The fraction of sp³-hybridized carbons (Fsp3) is 0.241. The summed E-state index contributed by atoms with van der Waals surface area (Å²) in [5.41, 5.74) is 6.28. The zero-order valence-corrected chi connectivity index (χ0v) is 20.8. The van der Waals surface area contributed by atoms with E-state index in [0.717, 1.165) is 64.8 Å². The van der Waals surface area contributed by atoms with E-state index in [1.807, 2.05) is 48.2 Å². The number of halogens is 1. The number of amides is 1. The van der Waals surface area contributed by atoms with E-state index in [1.165, 1.54) is 0 Å². The lowest BCUT2D eigenvalue weighted by Crippen LogP contribution is -2.28. The maximum atomic E-state index is 12.7. The highest BCUT2D eigenvalue weighted by molar-refractivity contribution is 6.33. The monoisotopic (exact) mass is 488 g/mol. The first-order valence-corrected chi connectivity index (χ1v) is 12.1. The molecule has 5 nitrogen and oxygen atoms in total. The number of aromatic nitrogens is 1. The predicted octanol–water partition coefficient (Wildman–Crippen LogP) is 6.56. The van der Waals surface area contributed by atoms with Crippen molar-refractivity contribution in [2.45, 2.75) is 33.1 Å². The van der Waals surface area contributed by atoms with Gasteiger partial charge in [-0.2, -0.15) is 0 Å². The molecule has 1 fully saturated rings. The molecule has 4 rings (SSSR count). The maximum Gasteiger partial charge on any atom is 0.335 e. The summed E-state index contributed by atoms with van der Waals surface area (Å²) in [4.78, 5) is 29.4. The number of fused-ring (bicyclic) bond motifs is 1. The molecule has 1 amide bonds. The summed E-state index contributed by atoms with van der Waals surface area (Å²) >= 11 is 6.61. The Labute approximate surface area is 210 Å². The number of carbonyl (C=O) groups excluding carboxylic acids is 1. The van der Waals surface area contributed by atoms with Crippen LogP contribution in [0.2, 0.25) is 5.02 Å². The second-order valence-corrected chi connectivity index (χ2v) is 9.43. The van der Waals surface area contributed by atoms with Gasteiger partial charge in [0.05, 0.1) is 10.6 Å². The summed E-state index contributed by atoms with van der Waals surface area (Å²) in [6, 6.07) is 11.5. The molecule has 2 N–H and O–H groups in total. The fourth-order valence-electron chi connectivity index (χ4n) is 4.48. The number of carboxylic acids is 1. The minimum Gasteiger partial charge on any atom is -0.478 e. The molecule has 180 valence electrons.